The summed E-state index contributed by atoms with van der Waals surface area (Å²) >= 11 is 3.24. The van der Waals surface area contributed by atoms with Crippen molar-refractivity contribution in [3.63, 3.8) is 0 Å². The molecule has 0 radical (unpaired) electrons. The molecule has 5 nitrogen and oxygen atoms in total. The summed E-state index contributed by atoms with van der Waals surface area (Å²) in [6, 6.07) is 12.5. The van der Waals surface area contributed by atoms with Gasteiger partial charge in [0.05, 0.1) is 6.20 Å². The van der Waals surface area contributed by atoms with Gasteiger partial charge >= 0.3 is 0 Å². The van der Waals surface area contributed by atoms with E-state index < -0.39 is 0 Å². The highest BCUT2D eigenvalue weighted by atomic mass is 79.9. The Hall–Kier alpha value is -2.47. The fraction of sp³-hybridized carbons (Fsp3) is 0. The van der Waals surface area contributed by atoms with Gasteiger partial charge in [0, 0.05) is 11.3 Å². The predicted molar refractivity (Wildman–Crippen MR) is 81.8 cm³/mol. The molecule has 0 bridgehead atoms. The summed E-state index contributed by atoms with van der Waals surface area (Å²) < 4.78 is 5.83. The largest absolute Gasteiger partial charge is 0.444 e. The summed E-state index contributed by atoms with van der Waals surface area (Å²) in [5.74, 6) is 0.422. The molecule has 6 heteroatoms. The average molecular weight is 344 g/mol. The summed E-state index contributed by atoms with van der Waals surface area (Å²) in [4.78, 5) is 20.0. The Labute approximate surface area is 129 Å². The SMILES string of the molecule is O=C(Nc1ccc(-c2cnco2)cc1)c1cccc(Br)n1. The topological polar surface area (TPSA) is 68.0 Å². The lowest BCUT2D eigenvalue weighted by Gasteiger charge is -2.05. The van der Waals surface area contributed by atoms with Crippen molar-refractivity contribution in [1.82, 2.24) is 9.97 Å². The lowest BCUT2D eigenvalue weighted by atomic mass is 10.1. The van der Waals surface area contributed by atoms with Crippen molar-refractivity contribution >= 4 is 27.5 Å². The van der Waals surface area contributed by atoms with Crippen LogP contribution in [0, 0.1) is 0 Å². The van der Waals surface area contributed by atoms with Gasteiger partial charge in [0.1, 0.15) is 10.3 Å². The zero-order valence-corrected chi connectivity index (χ0v) is 12.4. The van der Waals surface area contributed by atoms with Crippen LogP contribution in [-0.4, -0.2) is 15.9 Å². The van der Waals surface area contributed by atoms with Crippen LogP contribution in [0.15, 0.2) is 64.1 Å². The minimum atomic E-state index is -0.260. The van der Waals surface area contributed by atoms with Gasteiger partial charge in [0.2, 0.25) is 0 Å². The van der Waals surface area contributed by atoms with E-state index in [0.29, 0.717) is 21.7 Å². The third-order valence-corrected chi connectivity index (χ3v) is 3.25. The van der Waals surface area contributed by atoms with Crippen molar-refractivity contribution in [2.75, 3.05) is 5.32 Å². The molecule has 0 aliphatic heterocycles. The number of halogens is 1. The second kappa shape index (κ2) is 5.88. The summed E-state index contributed by atoms with van der Waals surface area (Å²) in [5, 5.41) is 2.79. The van der Waals surface area contributed by atoms with Crippen molar-refractivity contribution in [2.45, 2.75) is 0 Å². The van der Waals surface area contributed by atoms with Crippen LogP contribution in [0.2, 0.25) is 0 Å². The van der Waals surface area contributed by atoms with Gasteiger partial charge in [0.15, 0.2) is 12.2 Å². The van der Waals surface area contributed by atoms with Gasteiger partial charge in [-0.3, -0.25) is 4.79 Å². The molecule has 0 fully saturated rings. The fourth-order valence-corrected chi connectivity index (χ4v) is 2.15. The van der Waals surface area contributed by atoms with Crippen LogP contribution < -0.4 is 5.32 Å². The second-order valence-electron chi connectivity index (χ2n) is 4.24. The van der Waals surface area contributed by atoms with E-state index in [1.54, 1.807) is 36.5 Å². The Morgan fingerprint density at radius 2 is 1.95 bits per heavy atom. The molecule has 21 heavy (non-hydrogen) atoms. The lowest BCUT2D eigenvalue weighted by Crippen LogP contribution is -2.13. The number of nitrogens with zero attached hydrogens (tertiary/aromatic N) is 2. The normalized spacial score (nSPS) is 10.3. The monoisotopic (exact) mass is 343 g/mol. The number of anilines is 1. The molecule has 1 N–H and O–H groups in total. The molecule has 104 valence electrons. The molecule has 2 heterocycles. The molecule has 3 rings (SSSR count). The smallest absolute Gasteiger partial charge is 0.274 e. The van der Waals surface area contributed by atoms with Gasteiger partial charge in [-0.25, -0.2) is 9.97 Å². The van der Waals surface area contributed by atoms with Crippen LogP contribution in [0.25, 0.3) is 11.3 Å². The maximum Gasteiger partial charge on any atom is 0.274 e. The summed E-state index contributed by atoms with van der Waals surface area (Å²) in [7, 11) is 0. The van der Waals surface area contributed by atoms with Crippen LogP contribution in [0.4, 0.5) is 5.69 Å². The van der Waals surface area contributed by atoms with Crippen molar-refractivity contribution in [3.05, 3.63) is 65.4 Å². The highest BCUT2D eigenvalue weighted by Gasteiger charge is 2.08. The lowest BCUT2D eigenvalue weighted by molar-refractivity contribution is 0.102. The number of nitrogens with one attached hydrogen (secondary N) is 1. The molecule has 0 aliphatic carbocycles. The van der Waals surface area contributed by atoms with Crippen molar-refractivity contribution in [1.29, 1.82) is 0 Å². The molecule has 0 saturated carbocycles. The van der Waals surface area contributed by atoms with Gasteiger partial charge in [-0.05, 0) is 52.3 Å². The van der Waals surface area contributed by atoms with Crippen molar-refractivity contribution < 1.29 is 9.21 Å². The van der Waals surface area contributed by atoms with Gasteiger partial charge in [0.25, 0.3) is 5.91 Å². The minimum absolute atomic E-state index is 0.260. The highest BCUT2D eigenvalue weighted by Crippen LogP contribution is 2.21. The number of hydrogen-bond acceptors (Lipinski definition) is 4. The number of hydrogen-bond donors (Lipinski definition) is 1. The molecular weight excluding hydrogens is 334 g/mol. The molecular formula is C15H10BrN3O2. The molecule has 0 atom stereocenters. The summed E-state index contributed by atoms with van der Waals surface area (Å²) in [5.41, 5.74) is 1.93. The Morgan fingerprint density at radius 3 is 2.62 bits per heavy atom. The van der Waals surface area contributed by atoms with Crippen LogP contribution in [0.3, 0.4) is 0 Å². The van der Waals surface area contributed by atoms with E-state index in [0.717, 1.165) is 5.56 Å². The van der Waals surface area contributed by atoms with Crippen LogP contribution in [0.5, 0.6) is 0 Å². The average Bonchev–Trinajstić information content (AvgIpc) is 3.02. The number of amides is 1. The second-order valence-corrected chi connectivity index (χ2v) is 5.06. The van der Waals surface area contributed by atoms with Crippen molar-refractivity contribution in [2.24, 2.45) is 0 Å². The maximum absolute atomic E-state index is 12.1. The molecule has 0 aliphatic rings. The standard InChI is InChI=1S/C15H10BrN3O2/c16-14-3-1-2-12(19-14)15(20)18-11-6-4-10(5-7-11)13-8-17-9-21-13/h1-9H,(H,18,20). The number of oxazole rings is 1. The van der Waals surface area contributed by atoms with E-state index in [4.69, 9.17) is 4.42 Å². The first-order chi connectivity index (χ1) is 10.2. The van der Waals surface area contributed by atoms with E-state index in [2.05, 4.69) is 31.2 Å². The molecule has 1 amide bonds. The molecule has 2 aromatic heterocycles. The molecule has 0 saturated heterocycles. The third kappa shape index (κ3) is 3.17. The number of carbonyl (C=O) groups excluding carboxylic acids is 1. The first kappa shape index (κ1) is 13.5. The van der Waals surface area contributed by atoms with Crippen molar-refractivity contribution in [3.8, 4) is 11.3 Å². The maximum atomic E-state index is 12.1. The van der Waals surface area contributed by atoms with Gasteiger partial charge in [-0.1, -0.05) is 6.07 Å². The quantitative estimate of drug-likeness (QED) is 0.735. The predicted octanol–water partition coefficient (Wildman–Crippen LogP) is 3.75. The molecule has 3 aromatic rings. The van der Waals surface area contributed by atoms with Crippen LogP contribution >= 0.6 is 15.9 Å². The first-order valence-corrected chi connectivity index (χ1v) is 6.94. The van der Waals surface area contributed by atoms with E-state index in [1.165, 1.54) is 6.39 Å². The Bertz CT molecular complexity index is 755. The van der Waals surface area contributed by atoms with E-state index in [-0.39, 0.29) is 5.91 Å². The van der Waals surface area contributed by atoms with E-state index in [9.17, 15) is 4.79 Å². The molecule has 0 unspecified atom stereocenters. The number of pyridine rings is 1. The zero-order valence-electron chi connectivity index (χ0n) is 10.8. The number of benzene rings is 1. The third-order valence-electron chi connectivity index (χ3n) is 2.81. The number of rotatable bonds is 3. The van der Waals surface area contributed by atoms with Gasteiger partial charge in [-0.2, -0.15) is 0 Å². The van der Waals surface area contributed by atoms with Gasteiger partial charge < -0.3 is 9.73 Å². The summed E-state index contributed by atoms with van der Waals surface area (Å²) in [6.45, 7) is 0. The van der Waals surface area contributed by atoms with E-state index in [1.807, 2.05) is 12.1 Å². The van der Waals surface area contributed by atoms with Gasteiger partial charge in [-0.15, -0.1) is 0 Å². The van der Waals surface area contributed by atoms with Crippen LogP contribution in [0.1, 0.15) is 10.5 Å². The van der Waals surface area contributed by atoms with E-state index >= 15 is 0 Å². The Kier molecular flexibility index (Phi) is 3.79. The minimum Gasteiger partial charge on any atom is -0.444 e. The molecule has 1 aromatic carbocycles. The Balaban J connectivity index is 1.75. The van der Waals surface area contributed by atoms with Crippen LogP contribution in [-0.2, 0) is 0 Å². The first-order valence-electron chi connectivity index (χ1n) is 6.15. The summed E-state index contributed by atoms with van der Waals surface area (Å²) in [6.07, 6.45) is 3.02. The number of aromatic nitrogens is 2. The highest BCUT2D eigenvalue weighted by molar-refractivity contribution is 9.10. The molecule has 0 spiro atoms. The zero-order chi connectivity index (χ0) is 14.7. The number of carbonyl (C=O) groups is 1. The fourth-order valence-electron chi connectivity index (χ4n) is 1.81. The Morgan fingerprint density at radius 1 is 1.14 bits per heavy atom.